The summed E-state index contributed by atoms with van der Waals surface area (Å²) in [5, 5.41) is -0.733. The van der Waals surface area contributed by atoms with E-state index >= 15 is 0 Å². The van der Waals surface area contributed by atoms with Crippen molar-refractivity contribution >= 4 is 38.6 Å². The van der Waals surface area contributed by atoms with E-state index in [1.54, 1.807) is 13.8 Å². The summed E-state index contributed by atoms with van der Waals surface area (Å²) in [5.74, 6) is 0.604. The first-order valence-electron chi connectivity index (χ1n) is 13.5. The molecule has 0 unspecified atom stereocenters. The predicted molar refractivity (Wildman–Crippen MR) is 148 cm³/mol. The van der Waals surface area contributed by atoms with Crippen LogP contribution in [0.1, 0.15) is 90.3 Å². The van der Waals surface area contributed by atoms with E-state index in [4.69, 9.17) is 11.6 Å². The molecule has 210 valence electrons. The lowest BCUT2D eigenvalue weighted by atomic mass is 10.1. The molecule has 0 saturated carbocycles. The summed E-state index contributed by atoms with van der Waals surface area (Å²) < 4.78 is 32.4. The first-order valence-corrected chi connectivity index (χ1v) is 15.4. The second-order valence-electron chi connectivity index (χ2n) is 10.0. The van der Waals surface area contributed by atoms with Crippen LogP contribution in [0, 0.1) is 6.92 Å². The fourth-order valence-electron chi connectivity index (χ4n) is 4.36. The summed E-state index contributed by atoms with van der Waals surface area (Å²) in [5.41, 5.74) is 0.796. The average molecular weight is 558 g/mol. The van der Waals surface area contributed by atoms with Gasteiger partial charge in [-0.25, -0.2) is 18.4 Å². The molecular weight excluding hydrogens is 514 g/mol. The van der Waals surface area contributed by atoms with E-state index in [1.165, 1.54) is 26.4 Å². The van der Waals surface area contributed by atoms with Gasteiger partial charge in [0.1, 0.15) is 11.3 Å². The van der Waals surface area contributed by atoms with Crippen LogP contribution < -0.4 is 0 Å². The van der Waals surface area contributed by atoms with Gasteiger partial charge in [0.2, 0.25) is 5.28 Å². The van der Waals surface area contributed by atoms with Crippen LogP contribution in [0.2, 0.25) is 5.28 Å². The minimum Gasteiger partial charge on any atom is -0.469 e. The highest BCUT2D eigenvalue weighted by Crippen LogP contribution is 2.26. The zero-order valence-electron chi connectivity index (χ0n) is 23.1. The molecule has 0 amide bonds. The van der Waals surface area contributed by atoms with Crippen molar-refractivity contribution in [1.82, 2.24) is 24.4 Å². The Morgan fingerprint density at radius 2 is 1.51 bits per heavy atom. The summed E-state index contributed by atoms with van der Waals surface area (Å²) in [4.78, 5) is 26.2. The highest BCUT2D eigenvalue weighted by atomic mass is 35.5. The molecule has 0 aliphatic carbocycles. The van der Waals surface area contributed by atoms with Crippen LogP contribution in [0.3, 0.4) is 0 Å². The molecule has 0 N–H and O–H groups in total. The Morgan fingerprint density at radius 1 is 0.946 bits per heavy atom. The average Bonchev–Trinajstić information content (AvgIpc) is 3.16. The Kier molecular flexibility index (Phi) is 13.2. The third-order valence-electron chi connectivity index (χ3n) is 6.69. The molecule has 0 bridgehead atoms. The molecule has 0 atom stereocenters. The standard InChI is InChI=1S/C26H44ClN5O4S/c1-20(2)37(34,35)25-23-24(29-26(27)30-25)28-21(3)32(23)19-15-10-7-6-9-13-17-31(4)18-14-11-8-12-16-22(33)36-5/h20H,6-19H2,1-5H3. The maximum atomic E-state index is 12.9. The van der Waals surface area contributed by atoms with Crippen LogP contribution >= 0.6 is 11.6 Å². The number of hydrogen-bond donors (Lipinski definition) is 0. The van der Waals surface area contributed by atoms with Gasteiger partial charge >= 0.3 is 5.97 Å². The first-order chi connectivity index (χ1) is 17.6. The number of sulfone groups is 1. The van der Waals surface area contributed by atoms with Crippen molar-refractivity contribution in [3.8, 4) is 0 Å². The van der Waals surface area contributed by atoms with Gasteiger partial charge in [-0.3, -0.25) is 4.79 Å². The number of carbonyl (C=O) groups excluding carboxylic acids is 1. The number of carbonyl (C=O) groups is 1. The third-order valence-corrected chi connectivity index (χ3v) is 8.93. The molecule has 2 rings (SSSR count). The predicted octanol–water partition coefficient (Wildman–Crippen LogP) is 5.37. The summed E-state index contributed by atoms with van der Waals surface area (Å²) in [6.07, 6.45) is 11.6. The number of nitrogens with zero attached hydrogens (tertiary/aromatic N) is 5. The first kappa shape index (κ1) is 31.4. The molecule has 0 fully saturated rings. The Bertz CT molecular complexity index is 1100. The monoisotopic (exact) mass is 557 g/mol. The molecule has 11 heteroatoms. The van der Waals surface area contributed by atoms with Crippen LogP contribution in [0.25, 0.3) is 11.2 Å². The van der Waals surface area contributed by atoms with E-state index in [9.17, 15) is 13.2 Å². The van der Waals surface area contributed by atoms with Crippen LogP contribution in [0.4, 0.5) is 0 Å². The summed E-state index contributed by atoms with van der Waals surface area (Å²) in [6.45, 7) is 8.02. The molecule has 2 aromatic heterocycles. The number of aromatic nitrogens is 4. The lowest BCUT2D eigenvalue weighted by Gasteiger charge is -2.16. The van der Waals surface area contributed by atoms with Crippen molar-refractivity contribution in [3.05, 3.63) is 11.1 Å². The van der Waals surface area contributed by atoms with Gasteiger partial charge < -0.3 is 14.2 Å². The molecule has 9 nitrogen and oxygen atoms in total. The largest absolute Gasteiger partial charge is 0.469 e. The molecule has 2 heterocycles. The topological polar surface area (TPSA) is 107 Å². The number of fused-ring (bicyclic) bond motifs is 1. The number of imidazole rings is 1. The molecule has 0 aliphatic heterocycles. The zero-order valence-corrected chi connectivity index (χ0v) is 24.7. The van der Waals surface area contributed by atoms with Crippen molar-refractivity contribution < 1.29 is 17.9 Å². The van der Waals surface area contributed by atoms with Gasteiger partial charge in [0.15, 0.2) is 20.5 Å². The van der Waals surface area contributed by atoms with E-state index in [-0.39, 0.29) is 16.3 Å². The number of unbranched alkanes of at least 4 members (excludes halogenated alkanes) is 8. The maximum Gasteiger partial charge on any atom is 0.305 e. The van der Waals surface area contributed by atoms with Gasteiger partial charge in [-0.05, 0) is 78.2 Å². The highest BCUT2D eigenvalue weighted by Gasteiger charge is 2.28. The number of aryl methyl sites for hydroxylation is 2. The fourth-order valence-corrected chi connectivity index (χ4v) is 5.71. The molecule has 0 radical (unpaired) electrons. The van der Waals surface area contributed by atoms with E-state index in [1.807, 2.05) is 11.5 Å². The van der Waals surface area contributed by atoms with Crippen LogP contribution in [-0.2, 0) is 25.9 Å². The number of esters is 1. The molecular formula is C26H44ClN5O4S. The van der Waals surface area contributed by atoms with Gasteiger partial charge in [-0.1, -0.05) is 38.5 Å². The molecule has 0 saturated heterocycles. The second-order valence-corrected chi connectivity index (χ2v) is 12.8. The summed E-state index contributed by atoms with van der Waals surface area (Å²) in [7, 11) is -0.00446. The quantitative estimate of drug-likeness (QED) is 0.104. The maximum absolute atomic E-state index is 12.9. The fraction of sp³-hybridized carbons (Fsp3) is 0.769. The van der Waals surface area contributed by atoms with Crippen LogP contribution in [0.5, 0.6) is 0 Å². The van der Waals surface area contributed by atoms with Crippen molar-refractivity contribution in [3.63, 3.8) is 0 Å². The van der Waals surface area contributed by atoms with Gasteiger partial charge in [0.25, 0.3) is 0 Å². The van der Waals surface area contributed by atoms with E-state index < -0.39 is 15.1 Å². The van der Waals surface area contributed by atoms with Gasteiger partial charge in [0.05, 0.1) is 12.4 Å². The number of rotatable bonds is 18. The highest BCUT2D eigenvalue weighted by molar-refractivity contribution is 7.92. The van der Waals surface area contributed by atoms with Gasteiger partial charge in [-0.2, -0.15) is 4.98 Å². The van der Waals surface area contributed by atoms with Gasteiger partial charge in [0, 0.05) is 13.0 Å². The van der Waals surface area contributed by atoms with Crippen molar-refractivity contribution in [2.45, 2.75) is 108 Å². The smallest absolute Gasteiger partial charge is 0.305 e. The minimum atomic E-state index is -3.62. The van der Waals surface area contributed by atoms with E-state index in [0.29, 0.717) is 24.1 Å². The number of hydrogen-bond acceptors (Lipinski definition) is 8. The lowest BCUT2D eigenvalue weighted by Crippen LogP contribution is -2.20. The molecule has 2 aromatic rings. The van der Waals surface area contributed by atoms with Crippen LogP contribution in [-0.4, -0.2) is 71.3 Å². The van der Waals surface area contributed by atoms with Crippen molar-refractivity contribution in [2.24, 2.45) is 0 Å². The Hall–Kier alpha value is -1.78. The molecule has 0 aliphatic rings. The zero-order chi connectivity index (χ0) is 27.4. The third kappa shape index (κ3) is 9.80. The Balaban J connectivity index is 1.68. The minimum absolute atomic E-state index is 0.0246. The normalized spacial score (nSPS) is 12.2. The summed E-state index contributed by atoms with van der Waals surface area (Å²) in [6, 6.07) is 0. The van der Waals surface area contributed by atoms with Crippen LogP contribution in [0.15, 0.2) is 5.03 Å². The van der Waals surface area contributed by atoms with E-state index in [2.05, 4.69) is 31.6 Å². The number of ether oxygens (including phenoxy) is 1. The van der Waals surface area contributed by atoms with E-state index in [0.717, 1.165) is 63.9 Å². The van der Waals surface area contributed by atoms with Gasteiger partial charge in [-0.15, -0.1) is 0 Å². The second kappa shape index (κ2) is 15.6. The van der Waals surface area contributed by atoms with Crippen molar-refractivity contribution in [2.75, 3.05) is 27.2 Å². The SMILES string of the molecule is COC(=O)CCCCCCN(C)CCCCCCCCn1c(C)nc2nc(Cl)nc(S(=O)(=O)C(C)C)c21. The number of methoxy groups -OCH3 is 1. The molecule has 37 heavy (non-hydrogen) atoms. The Labute approximate surface area is 227 Å². The molecule has 0 aromatic carbocycles. The van der Waals surface area contributed by atoms with Crippen molar-refractivity contribution in [1.29, 1.82) is 0 Å². The lowest BCUT2D eigenvalue weighted by molar-refractivity contribution is -0.140. The number of halogens is 1. The summed E-state index contributed by atoms with van der Waals surface area (Å²) >= 11 is 6.01. The Morgan fingerprint density at radius 3 is 2.11 bits per heavy atom. The molecule has 0 spiro atoms.